The second kappa shape index (κ2) is 11.7. The molecule has 3 heterocycles. The number of fused-ring (bicyclic) bond motifs is 1. The van der Waals surface area contributed by atoms with Gasteiger partial charge in [-0.05, 0) is 17.7 Å². The van der Waals surface area contributed by atoms with E-state index in [0.29, 0.717) is 22.8 Å². The normalized spacial score (nSPS) is 20.1. The number of ether oxygens (including phenoxy) is 2. The highest BCUT2D eigenvalue weighted by Crippen LogP contribution is 2.43. The number of thioether (sulfide) groups is 2. The van der Waals surface area contributed by atoms with Crippen LogP contribution in [0.4, 0.5) is 0 Å². The summed E-state index contributed by atoms with van der Waals surface area (Å²) in [6, 6.07) is 5.02. The number of carbonyl (C=O) groups is 5. The summed E-state index contributed by atoms with van der Waals surface area (Å²) in [5.41, 5.74) is 0.755. The monoisotopic (exact) mass is 562 g/mol. The van der Waals surface area contributed by atoms with E-state index in [4.69, 9.17) is 9.47 Å². The summed E-state index contributed by atoms with van der Waals surface area (Å²) in [7, 11) is 0. The van der Waals surface area contributed by atoms with Crippen molar-refractivity contribution in [1.82, 2.24) is 30.8 Å². The molecule has 0 bridgehead atoms. The molecular formula is C22H22N6O8S2. The Bertz CT molecular complexity index is 1290. The first kappa shape index (κ1) is 27.3. The molecule has 200 valence electrons. The Labute approximate surface area is 223 Å². The van der Waals surface area contributed by atoms with E-state index in [0.717, 1.165) is 6.92 Å². The molecule has 0 spiro atoms. The predicted molar refractivity (Wildman–Crippen MR) is 131 cm³/mol. The summed E-state index contributed by atoms with van der Waals surface area (Å²) in [5.74, 6) is -2.71. The fourth-order valence-corrected chi connectivity index (χ4v) is 6.26. The van der Waals surface area contributed by atoms with E-state index < -0.39 is 48.1 Å². The van der Waals surface area contributed by atoms with E-state index in [1.54, 1.807) is 19.1 Å². The highest BCUT2D eigenvalue weighted by atomic mass is 32.2. The van der Waals surface area contributed by atoms with Crippen LogP contribution in [-0.4, -0.2) is 89.9 Å². The minimum atomic E-state index is -1.68. The Hall–Kier alpha value is -3.76. The van der Waals surface area contributed by atoms with Gasteiger partial charge >= 0.3 is 11.9 Å². The molecule has 2 amide bonds. The maximum Gasteiger partial charge on any atom is 0.357 e. The molecular weight excluding hydrogens is 540 g/mol. The molecule has 2 aliphatic heterocycles. The van der Waals surface area contributed by atoms with Crippen LogP contribution in [0, 0.1) is 0 Å². The maximum atomic E-state index is 13.2. The molecule has 0 aliphatic carbocycles. The van der Waals surface area contributed by atoms with Gasteiger partial charge in [-0.3, -0.25) is 24.1 Å². The van der Waals surface area contributed by atoms with Crippen LogP contribution in [0.2, 0.25) is 0 Å². The summed E-state index contributed by atoms with van der Waals surface area (Å²) < 4.78 is 9.78. The molecule has 1 aromatic carbocycles. The van der Waals surface area contributed by atoms with Crippen LogP contribution in [0.15, 0.2) is 40.7 Å². The van der Waals surface area contributed by atoms with Gasteiger partial charge in [0.05, 0.1) is 0 Å². The number of carbonyl (C=O) groups excluding carboxylic acids is 5. The molecule has 1 fully saturated rings. The number of aromatic amines is 1. The lowest BCUT2D eigenvalue weighted by Crippen LogP contribution is -2.71. The third kappa shape index (κ3) is 5.56. The first-order chi connectivity index (χ1) is 18.2. The Kier molecular flexibility index (Phi) is 8.43. The number of hydrogen-bond acceptors (Lipinski definition) is 13. The van der Waals surface area contributed by atoms with Crippen molar-refractivity contribution in [2.24, 2.45) is 0 Å². The van der Waals surface area contributed by atoms with Crippen LogP contribution in [0.25, 0.3) is 0 Å². The summed E-state index contributed by atoms with van der Waals surface area (Å²) in [4.78, 5) is 62.6. The SMILES string of the molecule is CC(=O)OCOC(=O)C1=C(C(C)Sc2nn[nH]n2)CS[C@H]2C(NC(=O)C(O)c3ccccc3C=O)C(=O)N12. The number of benzene rings is 1. The zero-order valence-electron chi connectivity index (χ0n) is 20.0. The number of nitrogens with zero attached hydrogens (tertiary/aromatic N) is 4. The lowest BCUT2D eigenvalue weighted by Gasteiger charge is -2.50. The van der Waals surface area contributed by atoms with Gasteiger partial charge in [0.1, 0.15) is 23.4 Å². The Balaban J connectivity index is 1.54. The second-order valence-electron chi connectivity index (χ2n) is 8.06. The molecule has 4 rings (SSSR count). The number of aliphatic hydroxyl groups excluding tert-OH is 1. The number of aldehydes is 1. The number of nitrogens with one attached hydrogen (secondary N) is 2. The number of hydrogen-bond donors (Lipinski definition) is 3. The van der Waals surface area contributed by atoms with Crippen LogP contribution in [0.5, 0.6) is 0 Å². The fraction of sp³-hybridized carbons (Fsp3) is 0.364. The zero-order chi connectivity index (χ0) is 27.4. The highest BCUT2D eigenvalue weighted by molar-refractivity contribution is 8.01. The summed E-state index contributed by atoms with van der Waals surface area (Å²) >= 11 is 2.51. The first-order valence-electron chi connectivity index (χ1n) is 11.1. The standard InChI is InChI=1S/C22H22N6O8S2/c1-10(38-22-24-26-27-25-22)14-8-37-20-15(19(33)28(20)16(14)21(34)36-9-35-11(2)30)23-18(32)17(31)13-6-4-3-5-12(13)7-29/h3-7,10,15,17,20,31H,8-9H2,1-2H3,(H,23,32)(H,24,25,26,27)/t10?,15?,17?,20-/m0/s1. The van der Waals surface area contributed by atoms with E-state index in [1.807, 2.05) is 0 Å². The molecule has 0 radical (unpaired) electrons. The van der Waals surface area contributed by atoms with E-state index in [9.17, 15) is 29.1 Å². The number of rotatable bonds is 10. The molecule has 38 heavy (non-hydrogen) atoms. The Morgan fingerprint density at radius 2 is 2.11 bits per heavy atom. The number of aromatic nitrogens is 4. The minimum absolute atomic E-state index is 0.0354. The van der Waals surface area contributed by atoms with Gasteiger partial charge < -0.3 is 19.9 Å². The summed E-state index contributed by atoms with van der Waals surface area (Å²) in [6.45, 7) is 2.31. The molecule has 1 saturated heterocycles. The topological polar surface area (TPSA) is 194 Å². The smallest absolute Gasteiger partial charge is 0.357 e. The lowest BCUT2D eigenvalue weighted by atomic mass is 9.99. The van der Waals surface area contributed by atoms with Gasteiger partial charge in [-0.2, -0.15) is 5.21 Å². The average Bonchev–Trinajstić information content (AvgIpc) is 3.42. The van der Waals surface area contributed by atoms with Gasteiger partial charge in [0.15, 0.2) is 6.10 Å². The van der Waals surface area contributed by atoms with Gasteiger partial charge in [-0.15, -0.1) is 22.0 Å². The van der Waals surface area contributed by atoms with E-state index in [-0.39, 0.29) is 22.1 Å². The molecule has 14 nitrogen and oxygen atoms in total. The summed E-state index contributed by atoms with van der Waals surface area (Å²) in [6.07, 6.45) is -1.16. The van der Waals surface area contributed by atoms with Crippen LogP contribution < -0.4 is 5.32 Å². The number of amides is 2. The van der Waals surface area contributed by atoms with Crippen molar-refractivity contribution in [3.63, 3.8) is 0 Å². The lowest BCUT2D eigenvalue weighted by molar-refractivity contribution is -0.166. The van der Waals surface area contributed by atoms with Crippen molar-refractivity contribution in [3.05, 3.63) is 46.7 Å². The Morgan fingerprint density at radius 1 is 1.34 bits per heavy atom. The van der Waals surface area contributed by atoms with Crippen LogP contribution in [0.1, 0.15) is 35.9 Å². The number of esters is 2. The molecule has 2 aliphatic rings. The van der Waals surface area contributed by atoms with Crippen molar-refractivity contribution in [2.75, 3.05) is 12.5 Å². The second-order valence-corrected chi connectivity index (χ2v) is 10.5. The van der Waals surface area contributed by atoms with Crippen molar-refractivity contribution >= 4 is 53.6 Å². The average molecular weight is 563 g/mol. The van der Waals surface area contributed by atoms with Crippen molar-refractivity contribution < 1.29 is 38.6 Å². The molecule has 2 aromatic rings. The molecule has 3 unspecified atom stereocenters. The Morgan fingerprint density at radius 3 is 2.79 bits per heavy atom. The van der Waals surface area contributed by atoms with E-state index in [2.05, 4.69) is 25.9 Å². The van der Waals surface area contributed by atoms with Gasteiger partial charge in [-0.1, -0.05) is 36.0 Å². The quantitative estimate of drug-likeness (QED) is 0.115. The van der Waals surface area contributed by atoms with Gasteiger partial charge in [-0.25, -0.2) is 4.79 Å². The van der Waals surface area contributed by atoms with E-state index >= 15 is 0 Å². The van der Waals surface area contributed by atoms with E-state index in [1.165, 1.54) is 40.6 Å². The molecule has 1 aromatic heterocycles. The molecule has 16 heteroatoms. The minimum Gasteiger partial charge on any atom is -0.428 e. The third-order valence-electron chi connectivity index (χ3n) is 5.71. The highest BCUT2D eigenvalue weighted by Gasteiger charge is 2.55. The van der Waals surface area contributed by atoms with Crippen LogP contribution in [0.3, 0.4) is 0 Å². The van der Waals surface area contributed by atoms with Crippen LogP contribution >= 0.6 is 23.5 Å². The van der Waals surface area contributed by atoms with Crippen molar-refractivity contribution in [2.45, 2.75) is 41.8 Å². The number of aliphatic hydroxyl groups is 1. The molecule has 4 atom stereocenters. The van der Waals surface area contributed by atoms with Crippen molar-refractivity contribution in [3.8, 4) is 0 Å². The van der Waals surface area contributed by atoms with Crippen molar-refractivity contribution in [1.29, 1.82) is 0 Å². The summed E-state index contributed by atoms with van der Waals surface area (Å²) in [5, 5.41) is 25.9. The van der Waals surface area contributed by atoms with Crippen LogP contribution in [-0.2, 0) is 28.7 Å². The zero-order valence-corrected chi connectivity index (χ0v) is 21.7. The third-order valence-corrected chi connectivity index (χ3v) is 8.03. The largest absolute Gasteiger partial charge is 0.428 e. The predicted octanol–water partition coefficient (Wildman–Crippen LogP) is -0.0558. The number of β-lactam (4-membered cyclic amide) rings is 1. The molecule has 3 N–H and O–H groups in total. The molecule has 0 saturated carbocycles. The number of tetrazole rings is 1. The van der Waals surface area contributed by atoms with Gasteiger partial charge in [0.25, 0.3) is 11.8 Å². The van der Waals surface area contributed by atoms with Gasteiger partial charge in [0, 0.05) is 29.1 Å². The fourth-order valence-electron chi connectivity index (χ4n) is 3.85. The van der Waals surface area contributed by atoms with Gasteiger partial charge in [0.2, 0.25) is 11.9 Å². The number of H-pyrrole nitrogens is 1. The first-order valence-corrected chi connectivity index (χ1v) is 13.1. The maximum absolute atomic E-state index is 13.2.